The second-order valence-electron chi connectivity index (χ2n) is 4.91. The number of benzene rings is 2. The zero-order chi connectivity index (χ0) is 15.2. The number of aryl methyl sites for hydroxylation is 2. The Morgan fingerprint density at radius 2 is 1.67 bits per heavy atom. The standard InChI is InChI=1S/C17H18N2O2/c1-12-5-3-4-6-15(12)18-17(21)19-16-8-7-14(9-10-20)11-13(16)2/h3-8,10-11H,9H2,1-2H3,(H2,18,19,21). The monoisotopic (exact) mass is 282 g/mol. The van der Waals surface area contributed by atoms with E-state index in [0.717, 1.165) is 34.4 Å². The molecular formula is C17H18N2O2. The first-order valence-corrected chi connectivity index (χ1v) is 6.77. The third-order valence-electron chi connectivity index (χ3n) is 3.25. The van der Waals surface area contributed by atoms with E-state index < -0.39 is 0 Å². The van der Waals surface area contributed by atoms with Crippen LogP contribution < -0.4 is 10.6 Å². The highest BCUT2D eigenvalue weighted by Gasteiger charge is 2.06. The Balaban J connectivity index is 2.06. The summed E-state index contributed by atoms with van der Waals surface area (Å²) >= 11 is 0. The maximum Gasteiger partial charge on any atom is 0.323 e. The molecule has 0 aliphatic heterocycles. The summed E-state index contributed by atoms with van der Waals surface area (Å²) in [5.74, 6) is 0. The molecule has 0 saturated carbocycles. The van der Waals surface area contributed by atoms with E-state index in [0.29, 0.717) is 6.42 Å². The van der Waals surface area contributed by atoms with Gasteiger partial charge in [-0.15, -0.1) is 0 Å². The van der Waals surface area contributed by atoms with Gasteiger partial charge in [0, 0.05) is 17.8 Å². The van der Waals surface area contributed by atoms with Gasteiger partial charge in [-0.25, -0.2) is 4.79 Å². The molecule has 0 spiro atoms. The Morgan fingerprint density at radius 1 is 1.00 bits per heavy atom. The van der Waals surface area contributed by atoms with Gasteiger partial charge in [0.05, 0.1) is 0 Å². The van der Waals surface area contributed by atoms with Gasteiger partial charge in [-0.1, -0.05) is 30.3 Å². The number of hydrogen-bond acceptors (Lipinski definition) is 2. The highest BCUT2D eigenvalue weighted by molar-refractivity contribution is 6.00. The Labute approximate surface area is 124 Å². The van der Waals surface area contributed by atoms with Crippen molar-refractivity contribution >= 4 is 23.7 Å². The van der Waals surface area contributed by atoms with Gasteiger partial charge in [-0.3, -0.25) is 0 Å². The van der Waals surface area contributed by atoms with Crippen LogP contribution in [0.5, 0.6) is 0 Å². The number of amides is 2. The molecule has 108 valence electrons. The summed E-state index contributed by atoms with van der Waals surface area (Å²) < 4.78 is 0. The van der Waals surface area contributed by atoms with E-state index in [-0.39, 0.29) is 6.03 Å². The molecule has 2 N–H and O–H groups in total. The van der Waals surface area contributed by atoms with E-state index in [1.165, 1.54) is 0 Å². The van der Waals surface area contributed by atoms with Crippen LogP contribution >= 0.6 is 0 Å². The summed E-state index contributed by atoms with van der Waals surface area (Å²) in [5, 5.41) is 5.64. The normalized spacial score (nSPS) is 10.0. The Bertz CT molecular complexity index is 666. The quantitative estimate of drug-likeness (QED) is 0.840. The molecule has 2 aromatic carbocycles. The Kier molecular flexibility index (Phi) is 4.72. The van der Waals surface area contributed by atoms with Crippen molar-refractivity contribution in [2.24, 2.45) is 0 Å². The average Bonchev–Trinajstić information content (AvgIpc) is 2.45. The van der Waals surface area contributed by atoms with Crippen molar-refractivity contribution < 1.29 is 9.59 Å². The van der Waals surface area contributed by atoms with Crippen LogP contribution in [-0.4, -0.2) is 12.3 Å². The molecule has 2 rings (SSSR count). The molecule has 0 aliphatic carbocycles. The molecule has 2 aromatic rings. The maximum atomic E-state index is 12.0. The van der Waals surface area contributed by atoms with Crippen LogP contribution in [0.4, 0.5) is 16.2 Å². The smallest absolute Gasteiger partial charge is 0.307 e. The summed E-state index contributed by atoms with van der Waals surface area (Å²) in [5.41, 5.74) is 4.38. The number of urea groups is 1. The van der Waals surface area contributed by atoms with Crippen molar-refractivity contribution in [2.45, 2.75) is 20.3 Å². The number of hydrogen-bond donors (Lipinski definition) is 2. The van der Waals surface area contributed by atoms with Crippen LogP contribution in [0, 0.1) is 13.8 Å². The van der Waals surface area contributed by atoms with Gasteiger partial charge in [0.1, 0.15) is 6.29 Å². The number of nitrogens with one attached hydrogen (secondary N) is 2. The van der Waals surface area contributed by atoms with Crippen molar-refractivity contribution in [3.05, 3.63) is 59.2 Å². The zero-order valence-corrected chi connectivity index (χ0v) is 12.1. The van der Waals surface area contributed by atoms with E-state index >= 15 is 0 Å². The fourth-order valence-corrected chi connectivity index (χ4v) is 2.08. The molecule has 4 heteroatoms. The number of rotatable bonds is 4. The van der Waals surface area contributed by atoms with E-state index in [4.69, 9.17) is 0 Å². The second kappa shape index (κ2) is 6.70. The lowest BCUT2D eigenvalue weighted by Crippen LogP contribution is -2.20. The van der Waals surface area contributed by atoms with Crippen LogP contribution in [0.15, 0.2) is 42.5 Å². The molecule has 4 nitrogen and oxygen atoms in total. The van der Waals surface area contributed by atoms with Crippen LogP contribution in [0.2, 0.25) is 0 Å². The van der Waals surface area contributed by atoms with Crippen molar-refractivity contribution in [3.8, 4) is 0 Å². The predicted molar refractivity (Wildman–Crippen MR) is 84.8 cm³/mol. The van der Waals surface area contributed by atoms with Crippen LogP contribution in [-0.2, 0) is 11.2 Å². The highest BCUT2D eigenvalue weighted by Crippen LogP contribution is 2.18. The molecule has 0 unspecified atom stereocenters. The Hall–Kier alpha value is -2.62. The summed E-state index contributed by atoms with van der Waals surface area (Å²) in [7, 11) is 0. The number of carbonyl (C=O) groups is 2. The highest BCUT2D eigenvalue weighted by atomic mass is 16.2. The molecular weight excluding hydrogens is 264 g/mol. The predicted octanol–water partition coefficient (Wildman–Crippen LogP) is 3.69. The lowest BCUT2D eigenvalue weighted by molar-refractivity contribution is -0.107. The Morgan fingerprint density at radius 3 is 2.29 bits per heavy atom. The molecule has 0 aromatic heterocycles. The fourth-order valence-electron chi connectivity index (χ4n) is 2.08. The van der Waals surface area contributed by atoms with Gasteiger partial charge in [0.15, 0.2) is 0 Å². The molecule has 0 radical (unpaired) electrons. The average molecular weight is 282 g/mol. The van der Waals surface area contributed by atoms with Crippen LogP contribution in [0.25, 0.3) is 0 Å². The molecule has 21 heavy (non-hydrogen) atoms. The topological polar surface area (TPSA) is 58.2 Å². The minimum atomic E-state index is -0.282. The summed E-state index contributed by atoms with van der Waals surface area (Å²) in [6.45, 7) is 3.84. The van der Waals surface area contributed by atoms with Gasteiger partial charge < -0.3 is 15.4 Å². The van der Waals surface area contributed by atoms with E-state index in [2.05, 4.69) is 10.6 Å². The summed E-state index contributed by atoms with van der Waals surface area (Å²) in [6, 6.07) is 12.9. The molecule has 0 atom stereocenters. The minimum Gasteiger partial charge on any atom is -0.307 e. The van der Waals surface area contributed by atoms with E-state index in [9.17, 15) is 9.59 Å². The van der Waals surface area contributed by atoms with Gasteiger partial charge in [0.2, 0.25) is 0 Å². The van der Waals surface area contributed by atoms with Crippen molar-refractivity contribution in [1.29, 1.82) is 0 Å². The van der Waals surface area contributed by atoms with Crippen molar-refractivity contribution in [2.75, 3.05) is 10.6 Å². The van der Waals surface area contributed by atoms with Crippen molar-refractivity contribution in [1.82, 2.24) is 0 Å². The molecule has 2 amide bonds. The number of aldehydes is 1. The van der Waals surface area contributed by atoms with E-state index in [1.54, 1.807) is 0 Å². The molecule has 0 heterocycles. The number of anilines is 2. The first-order chi connectivity index (χ1) is 10.1. The van der Waals surface area contributed by atoms with Gasteiger partial charge in [-0.2, -0.15) is 0 Å². The molecule has 0 fully saturated rings. The zero-order valence-electron chi connectivity index (χ0n) is 12.1. The van der Waals surface area contributed by atoms with Crippen LogP contribution in [0.1, 0.15) is 16.7 Å². The van der Waals surface area contributed by atoms with Gasteiger partial charge in [-0.05, 0) is 42.7 Å². The SMILES string of the molecule is Cc1ccccc1NC(=O)Nc1ccc(CC=O)cc1C. The van der Waals surface area contributed by atoms with E-state index in [1.807, 2.05) is 56.3 Å². The first kappa shape index (κ1) is 14.8. The van der Waals surface area contributed by atoms with Crippen molar-refractivity contribution in [3.63, 3.8) is 0 Å². The number of carbonyl (C=O) groups excluding carboxylic acids is 2. The fraction of sp³-hybridized carbons (Fsp3) is 0.176. The number of para-hydroxylation sites is 1. The summed E-state index contributed by atoms with van der Waals surface area (Å²) in [6.07, 6.45) is 1.25. The second-order valence-corrected chi connectivity index (χ2v) is 4.91. The first-order valence-electron chi connectivity index (χ1n) is 6.77. The third kappa shape index (κ3) is 3.92. The van der Waals surface area contributed by atoms with Gasteiger partial charge in [0.25, 0.3) is 0 Å². The maximum absolute atomic E-state index is 12.0. The third-order valence-corrected chi connectivity index (χ3v) is 3.25. The van der Waals surface area contributed by atoms with Gasteiger partial charge >= 0.3 is 6.03 Å². The molecule has 0 bridgehead atoms. The largest absolute Gasteiger partial charge is 0.323 e. The lowest BCUT2D eigenvalue weighted by Gasteiger charge is -2.12. The minimum absolute atomic E-state index is 0.282. The molecule has 0 aliphatic rings. The van der Waals surface area contributed by atoms with Crippen LogP contribution in [0.3, 0.4) is 0 Å². The lowest BCUT2D eigenvalue weighted by atomic mass is 10.1. The molecule has 0 saturated heterocycles. The summed E-state index contributed by atoms with van der Waals surface area (Å²) in [4.78, 5) is 22.5.